The van der Waals surface area contributed by atoms with Crippen molar-refractivity contribution in [3.63, 3.8) is 0 Å². The van der Waals surface area contributed by atoms with Crippen LogP contribution in [0.5, 0.6) is 5.75 Å². The van der Waals surface area contributed by atoms with Crippen molar-refractivity contribution in [3.8, 4) is 5.75 Å². The van der Waals surface area contributed by atoms with Crippen LogP contribution in [0.2, 0.25) is 0 Å². The maximum atomic E-state index is 11.7. The molecule has 2 unspecified atom stereocenters. The highest BCUT2D eigenvalue weighted by atomic mass is 16.5. The predicted octanol–water partition coefficient (Wildman–Crippen LogP) is 1.19. The molecule has 0 saturated carbocycles. The summed E-state index contributed by atoms with van der Waals surface area (Å²) in [7, 11) is 0. The Labute approximate surface area is 127 Å². The van der Waals surface area contributed by atoms with E-state index in [4.69, 9.17) is 16.2 Å². The minimum absolute atomic E-state index is 0.138. The molecule has 2 atom stereocenters. The highest BCUT2D eigenvalue weighted by Crippen LogP contribution is 2.44. The summed E-state index contributed by atoms with van der Waals surface area (Å²) in [5.41, 5.74) is 12.8. The topological polar surface area (TPSA) is 108 Å². The summed E-state index contributed by atoms with van der Waals surface area (Å²) in [5, 5.41) is 0. The summed E-state index contributed by atoms with van der Waals surface area (Å²) in [6.45, 7) is 1.90. The third kappa shape index (κ3) is 2.18. The van der Waals surface area contributed by atoms with Crippen molar-refractivity contribution in [2.45, 2.75) is 18.9 Å². The van der Waals surface area contributed by atoms with Gasteiger partial charge in [0.2, 0.25) is 5.91 Å². The molecule has 22 heavy (non-hydrogen) atoms. The molecule has 1 aromatic carbocycles. The second kappa shape index (κ2) is 5.14. The molecule has 112 valence electrons. The Kier molecular flexibility index (Phi) is 3.29. The highest BCUT2D eigenvalue weighted by molar-refractivity contribution is 6.01. The Morgan fingerprint density at radius 3 is 2.59 bits per heavy atom. The third-order valence-electron chi connectivity index (χ3n) is 3.82. The Balaban J connectivity index is 2.22. The summed E-state index contributed by atoms with van der Waals surface area (Å²) in [6.07, 6.45) is 3.21. The zero-order chi connectivity index (χ0) is 15.9. The fraction of sp³-hybridized carbons (Fsp3) is 0.188. The van der Waals surface area contributed by atoms with Crippen LogP contribution in [0.15, 0.2) is 36.7 Å². The summed E-state index contributed by atoms with van der Waals surface area (Å²) < 4.78 is 5.82. The van der Waals surface area contributed by atoms with Gasteiger partial charge in [0.15, 0.2) is 0 Å². The van der Waals surface area contributed by atoms with Gasteiger partial charge in [0.05, 0.1) is 11.5 Å². The maximum absolute atomic E-state index is 11.7. The largest absolute Gasteiger partial charge is 0.489 e. The van der Waals surface area contributed by atoms with Gasteiger partial charge in [-0.1, -0.05) is 6.07 Å². The number of carbonyl (C=O) groups is 2. The lowest BCUT2D eigenvalue weighted by Crippen LogP contribution is -2.16. The van der Waals surface area contributed by atoms with Gasteiger partial charge in [-0.15, -0.1) is 0 Å². The van der Waals surface area contributed by atoms with Gasteiger partial charge in [-0.25, -0.2) is 0 Å². The van der Waals surface area contributed by atoms with Crippen molar-refractivity contribution in [1.82, 2.24) is 4.98 Å². The van der Waals surface area contributed by atoms with E-state index in [1.54, 1.807) is 18.5 Å². The van der Waals surface area contributed by atoms with Crippen LogP contribution in [0.3, 0.4) is 0 Å². The van der Waals surface area contributed by atoms with E-state index in [-0.39, 0.29) is 23.1 Å². The summed E-state index contributed by atoms with van der Waals surface area (Å²) in [6, 6.07) is 6.79. The maximum Gasteiger partial charge on any atom is 0.252 e. The number of primary amides is 2. The Hall–Kier alpha value is -2.89. The minimum atomic E-state index is -0.654. The van der Waals surface area contributed by atoms with Gasteiger partial charge >= 0.3 is 0 Å². The normalized spacial score (nSPS) is 19.3. The van der Waals surface area contributed by atoms with Crippen molar-refractivity contribution < 1.29 is 14.3 Å². The number of amides is 2. The van der Waals surface area contributed by atoms with Crippen LogP contribution in [0, 0.1) is 0 Å². The first-order chi connectivity index (χ1) is 10.5. The number of nitrogens with two attached hydrogens (primary N) is 2. The number of aromatic nitrogens is 1. The Morgan fingerprint density at radius 1 is 1.23 bits per heavy atom. The van der Waals surface area contributed by atoms with Gasteiger partial charge in [0, 0.05) is 23.5 Å². The first kappa shape index (κ1) is 14.1. The molecule has 0 fully saturated rings. The average Bonchev–Trinajstić information content (AvgIpc) is 2.82. The van der Waals surface area contributed by atoms with Gasteiger partial charge < -0.3 is 16.2 Å². The van der Waals surface area contributed by atoms with Crippen molar-refractivity contribution in [2.75, 3.05) is 0 Å². The highest BCUT2D eigenvalue weighted by Gasteiger charge is 2.36. The molecule has 2 heterocycles. The number of hydrogen-bond acceptors (Lipinski definition) is 4. The second-order valence-electron chi connectivity index (χ2n) is 5.26. The fourth-order valence-electron chi connectivity index (χ4n) is 2.86. The van der Waals surface area contributed by atoms with Gasteiger partial charge in [0.1, 0.15) is 11.9 Å². The van der Waals surface area contributed by atoms with Crippen molar-refractivity contribution in [2.24, 2.45) is 11.5 Å². The Morgan fingerprint density at radius 2 is 2.00 bits per heavy atom. The van der Waals surface area contributed by atoms with E-state index in [9.17, 15) is 9.59 Å². The van der Waals surface area contributed by atoms with E-state index in [0.29, 0.717) is 5.75 Å². The van der Waals surface area contributed by atoms with Crippen LogP contribution in [-0.4, -0.2) is 22.9 Å². The van der Waals surface area contributed by atoms with E-state index in [0.717, 1.165) is 11.1 Å². The summed E-state index contributed by atoms with van der Waals surface area (Å²) in [4.78, 5) is 27.3. The van der Waals surface area contributed by atoms with E-state index < -0.39 is 11.8 Å². The third-order valence-corrected chi connectivity index (χ3v) is 3.82. The number of hydrogen-bond donors (Lipinski definition) is 2. The Bertz CT molecular complexity index is 759. The standard InChI is InChI=1S/C16H15N3O3/c1-8-13(9-3-2-4-19-7-9)11-5-10(15(17)20)6-12(16(18)21)14(11)22-8/h2-8,13H,1H3,(H2,17,20)(H2,18,21). The van der Waals surface area contributed by atoms with Gasteiger partial charge in [-0.3, -0.25) is 14.6 Å². The first-order valence-electron chi connectivity index (χ1n) is 6.83. The molecule has 2 amide bonds. The number of fused-ring (bicyclic) bond motifs is 1. The van der Waals surface area contributed by atoms with E-state index in [2.05, 4.69) is 4.98 Å². The van der Waals surface area contributed by atoms with Gasteiger partial charge in [-0.05, 0) is 30.7 Å². The van der Waals surface area contributed by atoms with E-state index in [1.165, 1.54) is 6.07 Å². The van der Waals surface area contributed by atoms with Crippen molar-refractivity contribution in [3.05, 3.63) is 58.9 Å². The number of ether oxygens (including phenoxy) is 1. The quantitative estimate of drug-likeness (QED) is 0.887. The van der Waals surface area contributed by atoms with Crippen molar-refractivity contribution >= 4 is 11.8 Å². The molecule has 2 aromatic rings. The second-order valence-corrected chi connectivity index (χ2v) is 5.26. The van der Waals surface area contributed by atoms with Crippen molar-refractivity contribution in [1.29, 1.82) is 0 Å². The molecule has 0 bridgehead atoms. The molecule has 0 spiro atoms. The van der Waals surface area contributed by atoms with Gasteiger partial charge in [0.25, 0.3) is 5.91 Å². The zero-order valence-corrected chi connectivity index (χ0v) is 11.9. The number of pyridine rings is 1. The number of nitrogens with zero attached hydrogens (tertiary/aromatic N) is 1. The predicted molar refractivity (Wildman–Crippen MR) is 79.6 cm³/mol. The van der Waals surface area contributed by atoms with Gasteiger partial charge in [-0.2, -0.15) is 0 Å². The van der Waals surface area contributed by atoms with E-state index in [1.807, 2.05) is 19.1 Å². The van der Waals surface area contributed by atoms with Crippen LogP contribution in [0.4, 0.5) is 0 Å². The molecule has 4 N–H and O–H groups in total. The molecule has 0 aliphatic carbocycles. The number of carbonyl (C=O) groups excluding carboxylic acids is 2. The molecule has 6 heteroatoms. The summed E-state index contributed by atoms with van der Waals surface area (Å²) in [5.74, 6) is -0.992. The van der Waals surface area contributed by atoms with Crippen LogP contribution < -0.4 is 16.2 Å². The van der Waals surface area contributed by atoms with E-state index >= 15 is 0 Å². The molecular weight excluding hydrogens is 282 g/mol. The molecule has 3 rings (SSSR count). The monoisotopic (exact) mass is 297 g/mol. The first-order valence-corrected chi connectivity index (χ1v) is 6.83. The van der Waals surface area contributed by atoms with Crippen LogP contribution in [0.1, 0.15) is 44.7 Å². The van der Waals surface area contributed by atoms with Crippen LogP contribution >= 0.6 is 0 Å². The molecule has 6 nitrogen and oxygen atoms in total. The number of benzene rings is 1. The lowest BCUT2D eigenvalue weighted by Gasteiger charge is -2.14. The lowest BCUT2D eigenvalue weighted by atomic mass is 9.88. The zero-order valence-electron chi connectivity index (χ0n) is 11.9. The molecule has 1 aromatic heterocycles. The smallest absolute Gasteiger partial charge is 0.252 e. The number of rotatable bonds is 3. The molecule has 0 radical (unpaired) electrons. The molecular formula is C16H15N3O3. The SMILES string of the molecule is CC1Oc2c(C(N)=O)cc(C(N)=O)cc2C1c1cccnc1. The minimum Gasteiger partial charge on any atom is -0.489 e. The lowest BCUT2D eigenvalue weighted by molar-refractivity contribution is 0.0995. The molecule has 1 aliphatic heterocycles. The van der Waals surface area contributed by atoms with Crippen LogP contribution in [-0.2, 0) is 0 Å². The average molecular weight is 297 g/mol. The fourth-order valence-corrected chi connectivity index (χ4v) is 2.86. The van der Waals surface area contributed by atoms with Crippen LogP contribution in [0.25, 0.3) is 0 Å². The molecule has 0 saturated heterocycles. The molecule has 1 aliphatic rings. The summed E-state index contributed by atoms with van der Waals surface area (Å²) >= 11 is 0.